The molecule has 0 fully saturated rings. The van der Waals surface area contributed by atoms with Gasteiger partial charge in [0.15, 0.2) is 4.87 Å². The Labute approximate surface area is 57.2 Å². The van der Waals surface area contributed by atoms with Crippen LogP contribution in [0.25, 0.3) is 0 Å². The Bertz CT molecular complexity index is 168. The highest BCUT2D eigenvalue weighted by atomic mass is 32.2. The fourth-order valence-corrected chi connectivity index (χ4v) is 1.31. The van der Waals surface area contributed by atoms with Crippen LogP contribution in [0, 0.1) is 0 Å². The van der Waals surface area contributed by atoms with Crippen molar-refractivity contribution in [3.8, 4) is 0 Å². The molecule has 0 aliphatic carbocycles. The van der Waals surface area contributed by atoms with Crippen LogP contribution in [-0.2, 0) is 4.79 Å². The summed E-state index contributed by atoms with van der Waals surface area (Å²) < 4.78 is 0. The number of hydrogen-bond donors (Lipinski definition) is 1. The molecule has 0 amide bonds. The maximum absolute atomic E-state index is 10.4. The number of rotatable bonds is 1. The van der Waals surface area contributed by atoms with E-state index in [1.165, 1.54) is 11.8 Å². The standard InChI is InChI=1S/C5H7NO2S/c1-5(4(7)8)6-2-3-9-5/h2H,3H2,1H3,(H,7,8). The largest absolute Gasteiger partial charge is 0.479 e. The minimum atomic E-state index is -0.903. The van der Waals surface area contributed by atoms with Crippen molar-refractivity contribution in [2.75, 3.05) is 5.75 Å². The van der Waals surface area contributed by atoms with Crippen LogP contribution in [0.1, 0.15) is 6.92 Å². The first-order valence-corrected chi connectivity index (χ1v) is 3.55. The summed E-state index contributed by atoms with van der Waals surface area (Å²) in [6.45, 7) is 1.60. The van der Waals surface area contributed by atoms with E-state index in [1.54, 1.807) is 13.1 Å². The molecule has 0 saturated heterocycles. The predicted molar refractivity (Wildman–Crippen MR) is 37.0 cm³/mol. The SMILES string of the molecule is CC1(C(=O)O)N=CCS1. The van der Waals surface area contributed by atoms with Crippen molar-refractivity contribution in [3.05, 3.63) is 0 Å². The summed E-state index contributed by atoms with van der Waals surface area (Å²) in [5, 5.41) is 8.54. The lowest BCUT2D eigenvalue weighted by Gasteiger charge is -2.11. The van der Waals surface area contributed by atoms with Gasteiger partial charge >= 0.3 is 5.97 Å². The lowest BCUT2D eigenvalue weighted by molar-refractivity contribution is -0.139. The van der Waals surface area contributed by atoms with E-state index in [9.17, 15) is 4.79 Å². The van der Waals surface area contributed by atoms with Crippen molar-refractivity contribution in [1.29, 1.82) is 0 Å². The summed E-state index contributed by atoms with van der Waals surface area (Å²) >= 11 is 1.33. The molecule has 0 aromatic heterocycles. The first-order chi connectivity index (χ1) is 4.15. The van der Waals surface area contributed by atoms with Crippen LogP contribution in [0.15, 0.2) is 4.99 Å². The first kappa shape index (κ1) is 6.61. The number of aliphatic carboxylic acids is 1. The second-order valence-electron chi connectivity index (χ2n) is 1.91. The van der Waals surface area contributed by atoms with Crippen LogP contribution in [0.4, 0.5) is 0 Å². The third-order valence-electron chi connectivity index (χ3n) is 1.17. The van der Waals surface area contributed by atoms with Gasteiger partial charge in [0, 0.05) is 12.0 Å². The van der Waals surface area contributed by atoms with Gasteiger partial charge in [0.25, 0.3) is 0 Å². The minimum Gasteiger partial charge on any atom is -0.479 e. The van der Waals surface area contributed by atoms with E-state index in [4.69, 9.17) is 5.11 Å². The monoisotopic (exact) mass is 145 g/mol. The van der Waals surface area contributed by atoms with Gasteiger partial charge < -0.3 is 5.11 Å². The Hall–Kier alpha value is -0.510. The quantitative estimate of drug-likeness (QED) is 0.588. The number of hydrogen-bond acceptors (Lipinski definition) is 3. The number of carbonyl (C=O) groups is 1. The van der Waals surface area contributed by atoms with Gasteiger partial charge in [-0.3, -0.25) is 4.99 Å². The molecule has 1 N–H and O–H groups in total. The second-order valence-corrected chi connectivity index (χ2v) is 3.33. The van der Waals surface area contributed by atoms with Gasteiger partial charge in [-0.15, -0.1) is 11.8 Å². The van der Waals surface area contributed by atoms with Crippen LogP contribution in [0.3, 0.4) is 0 Å². The molecule has 0 aromatic carbocycles. The molecule has 0 aromatic rings. The predicted octanol–water partition coefficient (Wildman–Crippen LogP) is 0.605. The Balaban J connectivity index is 2.74. The van der Waals surface area contributed by atoms with Gasteiger partial charge in [-0.2, -0.15) is 0 Å². The van der Waals surface area contributed by atoms with Crippen molar-refractivity contribution < 1.29 is 9.90 Å². The Morgan fingerprint density at radius 2 is 2.67 bits per heavy atom. The summed E-state index contributed by atoms with van der Waals surface area (Å²) in [5.41, 5.74) is 0. The molecule has 3 nitrogen and oxygen atoms in total. The molecule has 1 rings (SSSR count). The van der Waals surface area contributed by atoms with E-state index in [1.807, 2.05) is 0 Å². The molecule has 1 unspecified atom stereocenters. The molecule has 1 aliphatic rings. The molecule has 4 heteroatoms. The Morgan fingerprint density at radius 1 is 2.00 bits per heavy atom. The van der Waals surface area contributed by atoms with E-state index in [0.717, 1.165) is 0 Å². The molecule has 1 atom stereocenters. The van der Waals surface area contributed by atoms with Crippen molar-refractivity contribution in [1.82, 2.24) is 0 Å². The Kier molecular flexibility index (Phi) is 1.48. The summed E-state index contributed by atoms with van der Waals surface area (Å²) in [4.78, 5) is 13.3. The fraction of sp³-hybridized carbons (Fsp3) is 0.600. The van der Waals surface area contributed by atoms with Gasteiger partial charge in [0.1, 0.15) is 0 Å². The van der Waals surface area contributed by atoms with Crippen LogP contribution in [0.5, 0.6) is 0 Å². The summed E-state index contributed by atoms with van der Waals surface area (Å²) in [7, 11) is 0. The summed E-state index contributed by atoms with van der Waals surface area (Å²) in [6, 6.07) is 0. The van der Waals surface area contributed by atoms with Crippen LogP contribution >= 0.6 is 11.8 Å². The van der Waals surface area contributed by atoms with E-state index in [-0.39, 0.29) is 0 Å². The van der Waals surface area contributed by atoms with E-state index >= 15 is 0 Å². The number of carboxylic acid groups (broad SMARTS) is 1. The van der Waals surface area contributed by atoms with Gasteiger partial charge in [0.2, 0.25) is 0 Å². The second kappa shape index (κ2) is 2.02. The zero-order valence-corrected chi connectivity index (χ0v) is 5.81. The molecule has 0 saturated carbocycles. The topological polar surface area (TPSA) is 49.7 Å². The molecule has 1 aliphatic heterocycles. The maximum Gasteiger partial charge on any atom is 0.341 e. The molecule has 9 heavy (non-hydrogen) atoms. The van der Waals surface area contributed by atoms with Crippen LogP contribution in [-0.4, -0.2) is 27.9 Å². The van der Waals surface area contributed by atoms with Crippen molar-refractivity contribution in [2.24, 2.45) is 4.99 Å². The third kappa shape index (κ3) is 1.08. The van der Waals surface area contributed by atoms with Gasteiger partial charge in [-0.05, 0) is 6.92 Å². The highest BCUT2D eigenvalue weighted by Crippen LogP contribution is 2.29. The van der Waals surface area contributed by atoms with Crippen molar-refractivity contribution in [2.45, 2.75) is 11.8 Å². The smallest absolute Gasteiger partial charge is 0.341 e. The normalized spacial score (nSPS) is 33.0. The average molecular weight is 145 g/mol. The number of carboxylic acids is 1. The zero-order chi connectivity index (χ0) is 6.91. The number of nitrogens with zero attached hydrogens (tertiary/aromatic N) is 1. The number of thioether (sulfide) groups is 1. The molecule has 50 valence electrons. The van der Waals surface area contributed by atoms with E-state index in [2.05, 4.69) is 4.99 Å². The van der Waals surface area contributed by atoms with Gasteiger partial charge in [-0.25, -0.2) is 4.79 Å². The summed E-state index contributed by atoms with van der Waals surface area (Å²) in [6.07, 6.45) is 1.64. The Morgan fingerprint density at radius 3 is 2.89 bits per heavy atom. The molecular formula is C5H7NO2S. The minimum absolute atomic E-state index is 0.711. The third-order valence-corrected chi connectivity index (χ3v) is 2.33. The van der Waals surface area contributed by atoms with Crippen LogP contribution in [0.2, 0.25) is 0 Å². The fourth-order valence-electron chi connectivity index (χ4n) is 0.565. The highest BCUT2D eigenvalue weighted by molar-refractivity contribution is 8.02. The van der Waals surface area contributed by atoms with Crippen molar-refractivity contribution >= 4 is 23.9 Å². The molecule has 0 spiro atoms. The lowest BCUT2D eigenvalue weighted by atomic mass is 10.3. The molecule has 1 heterocycles. The van der Waals surface area contributed by atoms with E-state index in [0.29, 0.717) is 5.75 Å². The summed E-state index contributed by atoms with van der Waals surface area (Å²) in [5.74, 6) is -0.149. The zero-order valence-electron chi connectivity index (χ0n) is 5.00. The molecular weight excluding hydrogens is 138 g/mol. The van der Waals surface area contributed by atoms with E-state index < -0.39 is 10.8 Å². The number of aliphatic imine (C=N–C) groups is 1. The van der Waals surface area contributed by atoms with Crippen LogP contribution < -0.4 is 0 Å². The van der Waals surface area contributed by atoms with Gasteiger partial charge in [0.05, 0.1) is 0 Å². The van der Waals surface area contributed by atoms with Crippen molar-refractivity contribution in [3.63, 3.8) is 0 Å². The van der Waals surface area contributed by atoms with Gasteiger partial charge in [-0.1, -0.05) is 0 Å². The molecule has 0 bridgehead atoms. The lowest BCUT2D eigenvalue weighted by Crippen LogP contribution is -2.26. The highest BCUT2D eigenvalue weighted by Gasteiger charge is 2.34. The average Bonchev–Trinajstić information content (AvgIpc) is 2.16. The molecule has 0 radical (unpaired) electrons. The maximum atomic E-state index is 10.4. The first-order valence-electron chi connectivity index (χ1n) is 2.56.